The first-order chi connectivity index (χ1) is 7.88. The molecule has 0 fully saturated rings. The van der Waals surface area contributed by atoms with Crippen molar-refractivity contribution in [3.05, 3.63) is 0 Å². The molecule has 0 aliphatic rings. The number of carbonyl (C=O) groups excluding carboxylic acids is 1. The van der Waals surface area contributed by atoms with Crippen molar-refractivity contribution in [2.45, 2.75) is 71.5 Å². The number of amides is 1. The van der Waals surface area contributed by atoms with Gasteiger partial charge in [0.15, 0.2) is 0 Å². The molecule has 17 heavy (non-hydrogen) atoms. The number of nitrogens with one attached hydrogen (secondary N) is 2. The van der Waals surface area contributed by atoms with Crippen molar-refractivity contribution in [1.82, 2.24) is 10.6 Å². The second-order valence-electron chi connectivity index (χ2n) is 5.14. The minimum Gasteiger partial charge on any atom is -0.394 e. The molecule has 0 aromatic carbocycles. The van der Waals surface area contributed by atoms with E-state index in [2.05, 4.69) is 17.6 Å². The van der Waals surface area contributed by atoms with Gasteiger partial charge < -0.3 is 10.4 Å². The highest BCUT2D eigenvalue weighted by molar-refractivity contribution is 5.81. The van der Waals surface area contributed by atoms with Crippen LogP contribution in [0.2, 0.25) is 0 Å². The zero-order valence-corrected chi connectivity index (χ0v) is 11.8. The molecule has 4 nitrogen and oxygen atoms in total. The van der Waals surface area contributed by atoms with Crippen LogP contribution in [0.15, 0.2) is 0 Å². The van der Waals surface area contributed by atoms with E-state index in [1.165, 1.54) is 0 Å². The van der Waals surface area contributed by atoms with Gasteiger partial charge in [0.05, 0.1) is 12.6 Å². The molecular formula is C13H28N2O2. The largest absolute Gasteiger partial charge is 0.394 e. The van der Waals surface area contributed by atoms with E-state index in [1.807, 2.05) is 27.7 Å². The lowest BCUT2D eigenvalue weighted by atomic mass is 9.99. The number of hydrogen-bond acceptors (Lipinski definition) is 3. The summed E-state index contributed by atoms with van der Waals surface area (Å²) in [6.07, 6.45) is 2.84. The fourth-order valence-electron chi connectivity index (χ4n) is 1.72. The third kappa shape index (κ3) is 6.03. The highest BCUT2D eigenvalue weighted by Gasteiger charge is 2.26. The first-order valence-corrected chi connectivity index (χ1v) is 6.57. The van der Waals surface area contributed by atoms with Gasteiger partial charge in [-0.1, -0.05) is 20.3 Å². The maximum atomic E-state index is 11.9. The van der Waals surface area contributed by atoms with E-state index in [4.69, 9.17) is 0 Å². The molecule has 4 heteroatoms. The molecule has 1 amide bonds. The van der Waals surface area contributed by atoms with Crippen LogP contribution in [0.3, 0.4) is 0 Å². The summed E-state index contributed by atoms with van der Waals surface area (Å²) in [7, 11) is 0. The molecule has 0 radical (unpaired) electrons. The Morgan fingerprint density at radius 2 is 1.94 bits per heavy atom. The van der Waals surface area contributed by atoms with Crippen molar-refractivity contribution >= 4 is 5.91 Å². The average Bonchev–Trinajstić information content (AvgIpc) is 2.28. The number of rotatable bonds is 8. The fourth-order valence-corrected chi connectivity index (χ4v) is 1.72. The smallest absolute Gasteiger partial charge is 0.237 e. The molecular weight excluding hydrogens is 216 g/mol. The summed E-state index contributed by atoms with van der Waals surface area (Å²) in [5.41, 5.74) is -0.384. The van der Waals surface area contributed by atoms with E-state index >= 15 is 0 Å². The quantitative estimate of drug-likeness (QED) is 0.605. The molecule has 3 N–H and O–H groups in total. The fraction of sp³-hybridized carbons (Fsp3) is 0.923. The minimum atomic E-state index is -0.384. The van der Waals surface area contributed by atoms with Crippen LogP contribution in [0.25, 0.3) is 0 Å². The Labute approximate surface area is 105 Å². The maximum Gasteiger partial charge on any atom is 0.237 e. The van der Waals surface area contributed by atoms with Gasteiger partial charge in [0.25, 0.3) is 0 Å². The average molecular weight is 244 g/mol. The molecule has 0 aromatic rings. The Balaban J connectivity index is 4.22. The number of hydrogen-bond donors (Lipinski definition) is 3. The van der Waals surface area contributed by atoms with Gasteiger partial charge in [-0.25, -0.2) is 0 Å². The van der Waals surface area contributed by atoms with E-state index in [0.29, 0.717) is 0 Å². The SMILES string of the molecule is CCCC(C)NC(=O)C(C)NC(C)(CC)CO. The monoisotopic (exact) mass is 244 g/mol. The van der Waals surface area contributed by atoms with Crippen molar-refractivity contribution in [3.8, 4) is 0 Å². The zero-order chi connectivity index (χ0) is 13.5. The number of carbonyl (C=O) groups is 1. The zero-order valence-electron chi connectivity index (χ0n) is 11.8. The summed E-state index contributed by atoms with van der Waals surface area (Å²) in [5.74, 6) is -0.000856. The highest BCUT2D eigenvalue weighted by Crippen LogP contribution is 2.09. The summed E-state index contributed by atoms with van der Waals surface area (Å²) in [6.45, 7) is 9.90. The van der Waals surface area contributed by atoms with Crippen LogP contribution in [0.4, 0.5) is 0 Å². The van der Waals surface area contributed by atoms with E-state index in [1.54, 1.807) is 0 Å². The van der Waals surface area contributed by atoms with Gasteiger partial charge in [-0.3, -0.25) is 10.1 Å². The van der Waals surface area contributed by atoms with Crippen LogP contribution in [0, 0.1) is 0 Å². The summed E-state index contributed by atoms with van der Waals surface area (Å²) >= 11 is 0. The molecule has 0 spiro atoms. The molecule has 0 aliphatic carbocycles. The van der Waals surface area contributed by atoms with Gasteiger partial charge in [0, 0.05) is 11.6 Å². The number of aliphatic hydroxyl groups excluding tert-OH is 1. The first-order valence-electron chi connectivity index (χ1n) is 6.57. The van der Waals surface area contributed by atoms with Crippen LogP contribution < -0.4 is 10.6 Å². The van der Waals surface area contributed by atoms with Gasteiger partial charge in [-0.2, -0.15) is 0 Å². The van der Waals surface area contributed by atoms with E-state index in [0.717, 1.165) is 19.3 Å². The van der Waals surface area contributed by atoms with Gasteiger partial charge in [-0.05, 0) is 33.6 Å². The normalized spacial score (nSPS) is 18.2. The molecule has 0 aromatic heterocycles. The molecule has 0 rings (SSSR count). The minimum absolute atomic E-state index is 0.000856. The van der Waals surface area contributed by atoms with E-state index < -0.39 is 0 Å². The Morgan fingerprint density at radius 1 is 1.35 bits per heavy atom. The topological polar surface area (TPSA) is 61.4 Å². The molecule has 0 aliphatic heterocycles. The predicted molar refractivity (Wildman–Crippen MR) is 70.9 cm³/mol. The van der Waals surface area contributed by atoms with Crippen molar-refractivity contribution in [2.24, 2.45) is 0 Å². The summed E-state index contributed by atoms with van der Waals surface area (Å²) in [6, 6.07) is -0.0786. The number of aliphatic hydroxyl groups is 1. The first kappa shape index (κ1) is 16.4. The molecule has 3 atom stereocenters. The molecule has 0 bridgehead atoms. The standard InChI is InChI=1S/C13H28N2O2/c1-6-8-10(3)14-12(17)11(4)15-13(5,7-2)9-16/h10-11,15-16H,6-9H2,1-5H3,(H,14,17). The molecule has 0 heterocycles. The molecule has 102 valence electrons. The van der Waals surface area contributed by atoms with Crippen LogP contribution >= 0.6 is 0 Å². The van der Waals surface area contributed by atoms with Crippen LogP contribution in [0.1, 0.15) is 53.9 Å². The Morgan fingerprint density at radius 3 is 2.35 bits per heavy atom. The summed E-state index contributed by atoms with van der Waals surface area (Å²) in [5, 5.41) is 15.4. The van der Waals surface area contributed by atoms with Crippen LogP contribution in [-0.2, 0) is 4.79 Å². The maximum absolute atomic E-state index is 11.9. The lowest BCUT2D eigenvalue weighted by Crippen LogP contribution is -2.55. The van der Waals surface area contributed by atoms with Crippen molar-refractivity contribution < 1.29 is 9.90 Å². The second-order valence-corrected chi connectivity index (χ2v) is 5.14. The Kier molecular flexibility index (Phi) is 7.39. The molecule has 0 saturated carbocycles. The Bertz CT molecular complexity index is 227. The van der Waals surface area contributed by atoms with E-state index in [-0.39, 0.29) is 30.1 Å². The Hall–Kier alpha value is -0.610. The van der Waals surface area contributed by atoms with Crippen LogP contribution in [0.5, 0.6) is 0 Å². The lowest BCUT2D eigenvalue weighted by Gasteiger charge is -2.31. The summed E-state index contributed by atoms with van der Waals surface area (Å²) in [4.78, 5) is 11.9. The van der Waals surface area contributed by atoms with Crippen molar-refractivity contribution in [1.29, 1.82) is 0 Å². The highest BCUT2D eigenvalue weighted by atomic mass is 16.3. The summed E-state index contributed by atoms with van der Waals surface area (Å²) < 4.78 is 0. The third-order valence-corrected chi connectivity index (χ3v) is 3.20. The van der Waals surface area contributed by atoms with Gasteiger partial charge in [0.2, 0.25) is 5.91 Å². The van der Waals surface area contributed by atoms with Crippen molar-refractivity contribution in [2.75, 3.05) is 6.61 Å². The van der Waals surface area contributed by atoms with Crippen LogP contribution in [-0.4, -0.2) is 35.2 Å². The van der Waals surface area contributed by atoms with Gasteiger partial charge >= 0.3 is 0 Å². The lowest BCUT2D eigenvalue weighted by molar-refractivity contribution is -0.124. The molecule has 3 unspecified atom stereocenters. The molecule has 0 saturated heterocycles. The van der Waals surface area contributed by atoms with Gasteiger partial charge in [-0.15, -0.1) is 0 Å². The second kappa shape index (κ2) is 7.67. The van der Waals surface area contributed by atoms with E-state index in [9.17, 15) is 9.90 Å². The van der Waals surface area contributed by atoms with Crippen molar-refractivity contribution in [3.63, 3.8) is 0 Å². The third-order valence-electron chi connectivity index (χ3n) is 3.20. The predicted octanol–water partition coefficient (Wildman–Crippen LogP) is 1.43. The van der Waals surface area contributed by atoms with Gasteiger partial charge in [0.1, 0.15) is 0 Å².